The van der Waals surface area contributed by atoms with Gasteiger partial charge in [-0.05, 0) is 80.5 Å². The maximum atomic E-state index is 14.2. The smallest absolute Gasteiger partial charge is 0.328 e. The van der Waals surface area contributed by atoms with E-state index in [1.54, 1.807) is 55.4 Å². The quantitative estimate of drug-likeness (QED) is 0.0542. The van der Waals surface area contributed by atoms with E-state index in [1.165, 1.54) is 0 Å². The highest BCUT2D eigenvalue weighted by molar-refractivity contribution is 5.98. The number of unbranched alkanes of at least 4 members (excludes halogenated alkanes) is 3. The first-order valence-corrected chi connectivity index (χ1v) is 25.9. The molecule has 9 atom stereocenters. The number of carbonyl (C=O) groups excluding carboxylic acids is 8. The Labute approximate surface area is 421 Å². The van der Waals surface area contributed by atoms with E-state index in [2.05, 4.69) is 51.1 Å². The predicted octanol–water partition coefficient (Wildman–Crippen LogP) is 4.26. The van der Waals surface area contributed by atoms with Crippen LogP contribution in [-0.2, 0) is 52.7 Å². The minimum Gasteiger partial charge on any atom is -0.481 e. The SMILES string of the molecule is CC[C@H](C)CCCCCC[C@@H]1CC(=O)N[C@@H](CCC(=O)O)C(=O)N[C@@H](CC(C)C)C(=O)N[C@H](CC(C)C)C(=O)N[C@@H](C(C)C)C(=O)N[C@@H](CC(=O)O)C(=O)N[C@H](CC(C)C)C(=O)N[C@@H](CC(C)C)C(=O)O1. The van der Waals surface area contributed by atoms with Gasteiger partial charge in [0.2, 0.25) is 41.4 Å². The van der Waals surface area contributed by atoms with Crippen LogP contribution < -0.4 is 37.2 Å². The summed E-state index contributed by atoms with van der Waals surface area (Å²) >= 11 is 0. The molecule has 7 amide bonds. The summed E-state index contributed by atoms with van der Waals surface area (Å²) in [6.45, 7) is 21.9. The summed E-state index contributed by atoms with van der Waals surface area (Å²) < 4.78 is 6.02. The molecule has 1 heterocycles. The summed E-state index contributed by atoms with van der Waals surface area (Å²) in [5.41, 5.74) is 0. The molecule has 0 aromatic heterocycles. The van der Waals surface area contributed by atoms with Crippen molar-refractivity contribution in [3.05, 3.63) is 0 Å². The van der Waals surface area contributed by atoms with Crippen LogP contribution in [0.15, 0.2) is 0 Å². The number of carbonyl (C=O) groups is 10. The summed E-state index contributed by atoms with van der Waals surface area (Å²) in [6.07, 6.45) is 2.56. The molecular formula is C51H89N7O13. The van der Waals surface area contributed by atoms with Crippen LogP contribution in [0.2, 0.25) is 0 Å². The largest absolute Gasteiger partial charge is 0.481 e. The van der Waals surface area contributed by atoms with Crippen LogP contribution in [0.25, 0.3) is 0 Å². The van der Waals surface area contributed by atoms with E-state index < -0.39 is 133 Å². The molecule has 0 unspecified atom stereocenters. The minimum absolute atomic E-state index is 0.0386. The standard InChI is InChI=1S/C51H89N7O13/c1-13-33(12)18-16-14-15-17-19-34-26-41(59)52-35(20-21-42(60)61)45(64)53-36(22-28(2)3)46(65)55-38(24-30(6)7)49(68)58-44(32(10)11)50(69)56-39(27-43(62)63)48(67)54-37(23-29(4)5)47(66)57-40(25-31(8)9)51(70)71-34/h28-40,44H,13-27H2,1-12H3,(H,52,59)(H,53,64)(H,54,67)(H,55,65)(H,56,69)(H,57,66)(H,58,68)(H,60,61)(H,62,63)/t33-,34+,35-,36-,37+,38+,39-,40-,44-/m0/s1. The van der Waals surface area contributed by atoms with Crippen LogP contribution >= 0.6 is 0 Å². The Hall–Kier alpha value is -5.30. The van der Waals surface area contributed by atoms with Gasteiger partial charge in [-0.25, -0.2) is 4.79 Å². The molecule has 0 spiro atoms. The zero-order valence-corrected chi connectivity index (χ0v) is 44.6. The van der Waals surface area contributed by atoms with Crippen molar-refractivity contribution in [2.45, 2.75) is 228 Å². The zero-order chi connectivity index (χ0) is 54.1. The Bertz CT molecular complexity index is 1770. The molecule has 1 saturated heterocycles. The lowest BCUT2D eigenvalue weighted by atomic mass is 9.98. The summed E-state index contributed by atoms with van der Waals surface area (Å²) in [6, 6.07) is -9.64. The average molecular weight is 1010 g/mol. The molecule has 20 heteroatoms. The highest BCUT2D eigenvalue weighted by atomic mass is 16.5. The number of amides is 7. The first-order valence-electron chi connectivity index (χ1n) is 25.9. The molecule has 0 aromatic rings. The molecule has 1 aliphatic rings. The van der Waals surface area contributed by atoms with Crippen molar-refractivity contribution >= 4 is 59.3 Å². The van der Waals surface area contributed by atoms with E-state index in [9.17, 15) is 58.2 Å². The number of carboxylic acids is 2. The topological polar surface area (TPSA) is 305 Å². The van der Waals surface area contributed by atoms with E-state index in [-0.39, 0.29) is 62.2 Å². The molecule has 20 nitrogen and oxygen atoms in total. The molecule has 0 bridgehead atoms. The second kappa shape index (κ2) is 32.6. The number of hydrogen-bond acceptors (Lipinski definition) is 11. The molecule has 0 radical (unpaired) electrons. The van der Waals surface area contributed by atoms with Crippen LogP contribution in [0, 0.1) is 35.5 Å². The lowest BCUT2D eigenvalue weighted by Gasteiger charge is -2.29. The van der Waals surface area contributed by atoms with Gasteiger partial charge in [-0.3, -0.25) is 43.2 Å². The third-order valence-electron chi connectivity index (χ3n) is 12.3. The van der Waals surface area contributed by atoms with Crippen LogP contribution in [0.1, 0.15) is 179 Å². The second-order valence-electron chi connectivity index (χ2n) is 21.5. The van der Waals surface area contributed by atoms with Gasteiger partial charge in [-0.2, -0.15) is 0 Å². The molecule has 0 aromatic carbocycles. The summed E-state index contributed by atoms with van der Waals surface area (Å²) in [7, 11) is 0. The normalized spacial score (nSPS) is 24.7. The molecule has 1 fully saturated rings. The number of ether oxygens (including phenoxy) is 1. The summed E-state index contributed by atoms with van der Waals surface area (Å²) in [5.74, 6) is -10.2. The number of carboxylic acid groups (broad SMARTS) is 2. The fraction of sp³-hybridized carbons (Fsp3) is 0.804. The van der Waals surface area contributed by atoms with Crippen molar-refractivity contribution in [3.8, 4) is 0 Å². The van der Waals surface area contributed by atoms with E-state index in [4.69, 9.17) is 4.74 Å². The lowest BCUT2D eigenvalue weighted by Crippen LogP contribution is -2.61. The highest BCUT2D eigenvalue weighted by Gasteiger charge is 2.37. The number of rotatable bonds is 22. The van der Waals surface area contributed by atoms with Gasteiger partial charge < -0.3 is 52.2 Å². The highest BCUT2D eigenvalue weighted by Crippen LogP contribution is 2.19. The second-order valence-corrected chi connectivity index (χ2v) is 21.5. The Morgan fingerprint density at radius 1 is 0.507 bits per heavy atom. The molecule has 0 aliphatic carbocycles. The molecule has 1 rings (SSSR count). The molecule has 71 heavy (non-hydrogen) atoms. The van der Waals surface area contributed by atoms with Gasteiger partial charge in [0.15, 0.2) is 0 Å². The van der Waals surface area contributed by atoms with Gasteiger partial charge in [0.25, 0.3) is 0 Å². The van der Waals surface area contributed by atoms with Crippen molar-refractivity contribution in [1.82, 2.24) is 37.2 Å². The monoisotopic (exact) mass is 1010 g/mol. The van der Waals surface area contributed by atoms with Crippen molar-refractivity contribution < 1.29 is 62.9 Å². The van der Waals surface area contributed by atoms with Gasteiger partial charge in [-0.15, -0.1) is 0 Å². The van der Waals surface area contributed by atoms with Crippen molar-refractivity contribution in [1.29, 1.82) is 0 Å². The van der Waals surface area contributed by atoms with Gasteiger partial charge in [0.1, 0.15) is 48.4 Å². The van der Waals surface area contributed by atoms with Gasteiger partial charge in [0.05, 0.1) is 12.8 Å². The van der Waals surface area contributed by atoms with E-state index in [0.717, 1.165) is 32.1 Å². The van der Waals surface area contributed by atoms with Crippen LogP contribution in [0.5, 0.6) is 0 Å². The van der Waals surface area contributed by atoms with Gasteiger partial charge in [0, 0.05) is 6.42 Å². The Balaban J connectivity index is 4.01. The minimum atomic E-state index is -1.72. The first-order chi connectivity index (χ1) is 33.1. The van der Waals surface area contributed by atoms with Crippen molar-refractivity contribution in [2.75, 3.05) is 0 Å². The fourth-order valence-corrected chi connectivity index (χ4v) is 8.19. The molecule has 0 saturated carbocycles. The Kier molecular flexibility index (Phi) is 29.3. The van der Waals surface area contributed by atoms with Crippen molar-refractivity contribution in [3.63, 3.8) is 0 Å². The maximum Gasteiger partial charge on any atom is 0.328 e. The van der Waals surface area contributed by atoms with E-state index in [0.29, 0.717) is 12.3 Å². The maximum absolute atomic E-state index is 14.2. The number of aliphatic carboxylic acids is 2. The lowest BCUT2D eigenvalue weighted by molar-refractivity contribution is -0.155. The number of cyclic esters (lactones) is 1. The van der Waals surface area contributed by atoms with E-state index in [1.807, 2.05) is 13.8 Å². The zero-order valence-electron chi connectivity index (χ0n) is 44.6. The third-order valence-corrected chi connectivity index (χ3v) is 12.3. The number of nitrogens with one attached hydrogen (secondary N) is 7. The van der Waals surface area contributed by atoms with Crippen LogP contribution in [-0.4, -0.2) is 118 Å². The van der Waals surface area contributed by atoms with Crippen LogP contribution in [0.3, 0.4) is 0 Å². The Morgan fingerprint density at radius 2 is 0.930 bits per heavy atom. The van der Waals surface area contributed by atoms with Crippen LogP contribution in [0.4, 0.5) is 0 Å². The number of hydrogen-bond donors (Lipinski definition) is 9. The molecule has 406 valence electrons. The van der Waals surface area contributed by atoms with Crippen molar-refractivity contribution in [2.24, 2.45) is 35.5 Å². The van der Waals surface area contributed by atoms with E-state index >= 15 is 0 Å². The summed E-state index contributed by atoms with van der Waals surface area (Å²) in [4.78, 5) is 136. The average Bonchev–Trinajstić information content (AvgIpc) is 3.25. The molecule has 9 N–H and O–H groups in total. The Morgan fingerprint density at radius 3 is 1.38 bits per heavy atom. The first kappa shape index (κ1) is 63.7. The third kappa shape index (κ3) is 26.1. The predicted molar refractivity (Wildman–Crippen MR) is 267 cm³/mol. The van der Waals surface area contributed by atoms with Gasteiger partial charge in [-0.1, -0.05) is 115 Å². The fourth-order valence-electron chi connectivity index (χ4n) is 8.19. The molecular weight excluding hydrogens is 919 g/mol. The molecule has 1 aliphatic heterocycles. The summed E-state index contributed by atoms with van der Waals surface area (Å²) in [5, 5.41) is 37.8. The van der Waals surface area contributed by atoms with Gasteiger partial charge >= 0.3 is 17.9 Å². The number of esters is 1.